The first-order valence-electron chi connectivity index (χ1n) is 4.20. The van der Waals surface area contributed by atoms with Crippen LogP contribution in [-0.2, 0) is 0 Å². The third-order valence-corrected chi connectivity index (χ3v) is 2.06. The second-order valence-corrected chi connectivity index (χ2v) is 3.32. The van der Waals surface area contributed by atoms with Crippen LogP contribution in [-0.4, -0.2) is 0 Å². The molecule has 1 aromatic carbocycles. The molecule has 4 heteroatoms. The van der Waals surface area contributed by atoms with Crippen molar-refractivity contribution >= 4 is 17.3 Å². The van der Waals surface area contributed by atoms with Crippen LogP contribution in [0.3, 0.4) is 0 Å². The number of nitriles is 2. The molecule has 1 rings (SSSR count). The summed E-state index contributed by atoms with van der Waals surface area (Å²) in [6, 6.07) is 8.98. The van der Waals surface area contributed by atoms with Gasteiger partial charge in [-0.05, 0) is 24.6 Å². The van der Waals surface area contributed by atoms with E-state index >= 15 is 0 Å². The highest BCUT2D eigenvalue weighted by Crippen LogP contribution is 2.22. The van der Waals surface area contributed by atoms with Gasteiger partial charge in [0.05, 0.1) is 10.7 Å². The Morgan fingerprint density at radius 1 is 1.40 bits per heavy atom. The van der Waals surface area contributed by atoms with Gasteiger partial charge in [-0.3, -0.25) is 0 Å². The van der Waals surface area contributed by atoms with Gasteiger partial charge < -0.3 is 5.32 Å². The van der Waals surface area contributed by atoms with Crippen LogP contribution in [0.2, 0.25) is 5.02 Å². The van der Waals surface area contributed by atoms with E-state index in [1.54, 1.807) is 18.2 Å². The fourth-order valence-corrected chi connectivity index (χ4v) is 1.16. The maximum absolute atomic E-state index is 8.51. The number of nitrogens with one attached hydrogen (secondary N) is 1. The van der Waals surface area contributed by atoms with Gasteiger partial charge >= 0.3 is 0 Å². The van der Waals surface area contributed by atoms with Gasteiger partial charge in [0.25, 0.3) is 0 Å². The Kier molecular flexibility index (Phi) is 3.74. The summed E-state index contributed by atoms with van der Waals surface area (Å²) in [7, 11) is 0. The van der Waals surface area contributed by atoms with Crippen molar-refractivity contribution in [2.75, 3.05) is 5.32 Å². The van der Waals surface area contributed by atoms with Crippen LogP contribution in [0, 0.1) is 29.6 Å². The van der Waals surface area contributed by atoms with Crippen molar-refractivity contribution in [3.8, 4) is 12.1 Å². The minimum absolute atomic E-state index is 0.00701. The summed E-state index contributed by atoms with van der Waals surface area (Å²) in [6.07, 6.45) is 1.33. The van der Waals surface area contributed by atoms with E-state index in [2.05, 4.69) is 5.32 Å². The normalized spacial score (nSPS) is 8.53. The van der Waals surface area contributed by atoms with E-state index in [0.717, 1.165) is 5.56 Å². The molecule has 0 radical (unpaired) electrons. The highest BCUT2D eigenvalue weighted by Gasteiger charge is 1.98. The molecule has 0 unspecified atom stereocenters. The number of halogens is 1. The molecule has 0 bridgehead atoms. The maximum Gasteiger partial charge on any atom is 0.145 e. The van der Waals surface area contributed by atoms with Crippen LogP contribution in [0.25, 0.3) is 0 Å². The fourth-order valence-electron chi connectivity index (χ4n) is 0.989. The van der Waals surface area contributed by atoms with E-state index in [0.29, 0.717) is 10.7 Å². The molecule has 1 aromatic rings. The minimum Gasteiger partial charge on any atom is -0.359 e. The molecule has 0 aromatic heterocycles. The Morgan fingerprint density at radius 3 is 2.67 bits per heavy atom. The molecule has 0 aliphatic heterocycles. The summed E-state index contributed by atoms with van der Waals surface area (Å²) in [5.41, 5.74) is 1.73. The highest BCUT2D eigenvalue weighted by atomic mass is 35.5. The molecule has 3 nitrogen and oxygen atoms in total. The standard InChI is InChI=1S/C11H8ClN3/c1-8-2-3-10(12)11(4-8)15-7-9(5-13)6-14/h2-4,7,15H,1H3. The molecule has 0 aliphatic carbocycles. The molecule has 0 heterocycles. The number of benzene rings is 1. The van der Waals surface area contributed by atoms with Crippen molar-refractivity contribution in [3.05, 3.63) is 40.6 Å². The second-order valence-electron chi connectivity index (χ2n) is 2.91. The summed E-state index contributed by atoms with van der Waals surface area (Å²) < 4.78 is 0. The van der Waals surface area contributed by atoms with Crippen LogP contribution in [0.5, 0.6) is 0 Å². The molecule has 15 heavy (non-hydrogen) atoms. The number of anilines is 1. The Balaban J connectivity index is 2.92. The summed E-state index contributed by atoms with van der Waals surface area (Å²) in [6.45, 7) is 1.93. The van der Waals surface area contributed by atoms with Crippen LogP contribution < -0.4 is 5.32 Å². The lowest BCUT2D eigenvalue weighted by Crippen LogP contribution is -1.91. The quantitative estimate of drug-likeness (QED) is 0.775. The molecule has 0 spiro atoms. The zero-order valence-corrected chi connectivity index (χ0v) is 8.84. The first-order chi connectivity index (χ1) is 7.17. The topological polar surface area (TPSA) is 59.6 Å². The molecule has 74 valence electrons. The average Bonchev–Trinajstić information content (AvgIpc) is 2.24. The van der Waals surface area contributed by atoms with Crippen molar-refractivity contribution in [2.45, 2.75) is 6.92 Å². The van der Waals surface area contributed by atoms with E-state index in [9.17, 15) is 0 Å². The van der Waals surface area contributed by atoms with Gasteiger partial charge in [-0.25, -0.2) is 0 Å². The molecule has 1 N–H and O–H groups in total. The van der Waals surface area contributed by atoms with Crippen LogP contribution in [0.15, 0.2) is 30.0 Å². The predicted octanol–water partition coefficient (Wildman–Crippen LogP) is 2.99. The summed E-state index contributed by atoms with van der Waals surface area (Å²) in [5.74, 6) is 0. The minimum atomic E-state index is 0.00701. The largest absolute Gasteiger partial charge is 0.359 e. The fraction of sp³-hybridized carbons (Fsp3) is 0.0909. The lowest BCUT2D eigenvalue weighted by atomic mass is 10.2. The third-order valence-electron chi connectivity index (χ3n) is 1.73. The number of allylic oxidation sites excluding steroid dienone is 1. The SMILES string of the molecule is Cc1ccc(Cl)c(NC=C(C#N)C#N)c1. The molecule has 0 fully saturated rings. The van der Waals surface area contributed by atoms with Crippen LogP contribution >= 0.6 is 11.6 Å². The summed E-state index contributed by atoms with van der Waals surface area (Å²) >= 11 is 5.91. The van der Waals surface area contributed by atoms with Crippen molar-refractivity contribution in [2.24, 2.45) is 0 Å². The van der Waals surface area contributed by atoms with Crippen LogP contribution in [0.1, 0.15) is 5.56 Å². The molecular weight excluding hydrogens is 210 g/mol. The highest BCUT2D eigenvalue weighted by molar-refractivity contribution is 6.33. The zero-order valence-electron chi connectivity index (χ0n) is 8.08. The molecule has 0 amide bonds. The van der Waals surface area contributed by atoms with Gasteiger partial charge in [0.2, 0.25) is 0 Å². The number of aryl methyl sites for hydroxylation is 1. The van der Waals surface area contributed by atoms with Gasteiger partial charge in [0, 0.05) is 6.20 Å². The van der Waals surface area contributed by atoms with Gasteiger partial charge in [-0.2, -0.15) is 10.5 Å². The molecule has 0 saturated heterocycles. The Hall–Kier alpha value is -1.97. The molecule has 0 atom stereocenters. The van der Waals surface area contributed by atoms with Crippen molar-refractivity contribution in [3.63, 3.8) is 0 Å². The smallest absolute Gasteiger partial charge is 0.145 e. The molecule has 0 saturated carbocycles. The molecule has 0 aliphatic rings. The van der Waals surface area contributed by atoms with Gasteiger partial charge in [0.15, 0.2) is 0 Å². The first-order valence-corrected chi connectivity index (χ1v) is 4.58. The Morgan fingerprint density at radius 2 is 2.07 bits per heavy atom. The lowest BCUT2D eigenvalue weighted by Gasteiger charge is -2.04. The number of rotatable bonds is 2. The Bertz CT molecular complexity index is 462. The second kappa shape index (κ2) is 5.05. The van der Waals surface area contributed by atoms with E-state index < -0.39 is 0 Å². The van der Waals surface area contributed by atoms with Crippen molar-refractivity contribution < 1.29 is 0 Å². The van der Waals surface area contributed by atoms with E-state index in [4.69, 9.17) is 22.1 Å². The predicted molar refractivity (Wildman–Crippen MR) is 59.1 cm³/mol. The van der Waals surface area contributed by atoms with Gasteiger partial charge in [-0.15, -0.1) is 0 Å². The monoisotopic (exact) mass is 217 g/mol. The lowest BCUT2D eigenvalue weighted by molar-refractivity contribution is 1.43. The number of nitrogens with zero attached hydrogens (tertiary/aromatic N) is 2. The van der Waals surface area contributed by atoms with Crippen molar-refractivity contribution in [1.29, 1.82) is 10.5 Å². The van der Waals surface area contributed by atoms with Crippen molar-refractivity contribution in [1.82, 2.24) is 0 Å². The first kappa shape index (κ1) is 11.1. The molecular formula is C11H8ClN3. The summed E-state index contributed by atoms with van der Waals surface area (Å²) in [5, 5.41) is 20.4. The van der Waals surface area contributed by atoms with Crippen LogP contribution in [0.4, 0.5) is 5.69 Å². The van der Waals surface area contributed by atoms with E-state index in [1.807, 2.05) is 19.1 Å². The average molecular weight is 218 g/mol. The summed E-state index contributed by atoms with van der Waals surface area (Å²) in [4.78, 5) is 0. The Labute approximate surface area is 93.2 Å². The number of hydrogen-bond donors (Lipinski definition) is 1. The zero-order chi connectivity index (χ0) is 11.3. The third kappa shape index (κ3) is 3.02. The van der Waals surface area contributed by atoms with Gasteiger partial charge in [0.1, 0.15) is 17.7 Å². The van der Waals surface area contributed by atoms with Gasteiger partial charge in [-0.1, -0.05) is 17.7 Å². The van der Waals surface area contributed by atoms with E-state index in [-0.39, 0.29) is 5.57 Å². The maximum atomic E-state index is 8.51. The number of hydrogen-bond acceptors (Lipinski definition) is 3. The van der Waals surface area contributed by atoms with E-state index in [1.165, 1.54) is 6.20 Å².